The molecule has 3 N–H and O–H groups in total. The van der Waals surface area contributed by atoms with Gasteiger partial charge in [0.1, 0.15) is 0 Å². The second-order valence-corrected chi connectivity index (χ2v) is 4.48. The monoisotopic (exact) mass is 257 g/mol. The summed E-state index contributed by atoms with van der Waals surface area (Å²) in [5.41, 5.74) is 9.83. The van der Waals surface area contributed by atoms with Crippen LogP contribution in [0.4, 0.5) is 5.69 Å². The maximum Gasteiger partial charge on any atom is 0.0717 e. The van der Waals surface area contributed by atoms with Crippen LogP contribution in [-0.2, 0) is 24.4 Å². The van der Waals surface area contributed by atoms with Gasteiger partial charge in [0.2, 0.25) is 0 Å². The standard InChI is InChI=1S/C16H19NO2/c17-16-4-2-1-3-15(16)9-10-19-12-14-7-5-13(11-18)6-8-14/h1-8,18H,9-12,17H2. The van der Waals surface area contributed by atoms with E-state index in [4.69, 9.17) is 15.6 Å². The summed E-state index contributed by atoms with van der Waals surface area (Å²) >= 11 is 0. The molecule has 0 amide bonds. The quantitative estimate of drug-likeness (QED) is 0.617. The van der Waals surface area contributed by atoms with Crippen molar-refractivity contribution in [1.82, 2.24) is 0 Å². The summed E-state index contributed by atoms with van der Waals surface area (Å²) in [7, 11) is 0. The Balaban J connectivity index is 1.76. The van der Waals surface area contributed by atoms with E-state index in [0.717, 1.165) is 28.8 Å². The first kappa shape index (κ1) is 13.6. The summed E-state index contributed by atoms with van der Waals surface area (Å²) < 4.78 is 5.63. The number of para-hydroxylation sites is 1. The third-order valence-electron chi connectivity index (χ3n) is 3.05. The molecule has 3 nitrogen and oxygen atoms in total. The molecule has 0 saturated heterocycles. The third-order valence-corrected chi connectivity index (χ3v) is 3.05. The molecule has 0 aliphatic carbocycles. The first-order valence-electron chi connectivity index (χ1n) is 6.39. The van der Waals surface area contributed by atoms with Crippen LogP contribution in [0.5, 0.6) is 0 Å². The fourth-order valence-electron chi connectivity index (χ4n) is 1.87. The molecule has 0 atom stereocenters. The summed E-state index contributed by atoms with van der Waals surface area (Å²) in [5, 5.41) is 8.95. The van der Waals surface area contributed by atoms with Crippen LogP contribution in [0.25, 0.3) is 0 Å². The summed E-state index contributed by atoms with van der Waals surface area (Å²) in [4.78, 5) is 0. The topological polar surface area (TPSA) is 55.5 Å². The molecule has 3 heteroatoms. The van der Waals surface area contributed by atoms with E-state index in [-0.39, 0.29) is 6.61 Å². The van der Waals surface area contributed by atoms with Gasteiger partial charge in [0.15, 0.2) is 0 Å². The molecule has 0 aliphatic heterocycles. The number of ether oxygens (including phenoxy) is 1. The van der Waals surface area contributed by atoms with Gasteiger partial charge in [-0.05, 0) is 29.2 Å². The highest BCUT2D eigenvalue weighted by molar-refractivity contribution is 5.46. The maximum atomic E-state index is 8.95. The van der Waals surface area contributed by atoms with Crippen LogP contribution in [0.1, 0.15) is 16.7 Å². The van der Waals surface area contributed by atoms with Crippen LogP contribution in [0.2, 0.25) is 0 Å². The van der Waals surface area contributed by atoms with E-state index in [0.29, 0.717) is 13.2 Å². The molecule has 19 heavy (non-hydrogen) atoms. The lowest BCUT2D eigenvalue weighted by Crippen LogP contribution is -2.01. The molecule has 2 aromatic carbocycles. The highest BCUT2D eigenvalue weighted by atomic mass is 16.5. The minimum atomic E-state index is 0.0778. The molecule has 2 rings (SSSR count). The molecule has 0 unspecified atom stereocenters. The molecule has 0 fully saturated rings. The zero-order valence-corrected chi connectivity index (χ0v) is 10.9. The third kappa shape index (κ3) is 4.09. The van der Waals surface area contributed by atoms with Crippen LogP contribution in [0.3, 0.4) is 0 Å². The smallest absolute Gasteiger partial charge is 0.0717 e. The fourth-order valence-corrected chi connectivity index (χ4v) is 1.87. The van der Waals surface area contributed by atoms with Gasteiger partial charge in [-0.25, -0.2) is 0 Å². The number of nitrogen functional groups attached to an aromatic ring is 1. The van der Waals surface area contributed by atoms with Crippen LogP contribution in [-0.4, -0.2) is 11.7 Å². The normalized spacial score (nSPS) is 10.6. The minimum absolute atomic E-state index is 0.0778. The van der Waals surface area contributed by atoms with Gasteiger partial charge in [-0.3, -0.25) is 0 Å². The van der Waals surface area contributed by atoms with E-state index < -0.39 is 0 Å². The Morgan fingerprint density at radius 3 is 2.32 bits per heavy atom. The average Bonchev–Trinajstić information content (AvgIpc) is 2.46. The van der Waals surface area contributed by atoms with Crippen LogP contribution in [0, 0.1) is 0 Å². The van der Waals surface area contributed by atoms with Crippen molar-refractivity contribution in [3.63, 3.8) is 0 Å². The predicted molar refractivity (Wildman–Crippen MR) is 76.6 cm³/mol. The van der Waals surface area contributed by atoms with Gasteiger partial charge in [0.05, 0.1) is 19.8 Å². The number of hydrogen-bond acceptors (Lipinski definition) is 3. The summed E-state index contributed by atoms with van der Waals surface area (Å²) in [6, 6.07) is 15.6. The lowest BCUT2D eigenvalue weighted by atomic mass is 10.1. The molecule has 0 aliphatic rings. The number of anilines is 1. The van der Waals surface area contributed by atoms with E-state index in [1.54, 1.807) is 0 Å². The predicted octanol–water partition coefficient (Wildman–Crippen LogP) is 2.52. The van der Waals surface area contributed by atoms with Gasteiger partial charge >= 0.3 is 0 Å². The largest absolute Gasteiger partial charge is 0.399 e. The Kier molecular flexibility index (Phi) is 4.95. The van der Waals surface area contributed by atoms with Gasteiger partial charge in [0, 0.05) is 5.69 Å². The number of nitrogens with two attached hydrogens (primary N) is 1. The molecular formula is C16H19NO2. The highest BCUT2D eigenvalue weighted by Gasteiger charge is 1.98. The number of hydrogen-bond donors (Lipinski definition) is 2. The van der Waals surface area contributed by atoms with Crippen molar-refractivity contribution >= 4 is 5.69 Å². The van der Waals surface area contributed by atoms with Gasteiger partial charge in [-0.1, -0.05) is 42.5 Å². The van der Waals surface area contributed by atoms with Crippen molar-refractivity contribution in [1.29, 1.82) is 0 Å². The van der Waals surface area contributed by atoms with Gasteiger partial charge in [-0.15, -0.1) is 0 Å². The van der Waals surface area contributed by atoms with E-state index in [9.17, 15) is 0 Å². The lowest BCUT2D eigenvalue weighted by Gasteiger charge is -2.07. The first-order valence-corrected chi connectivity index (χ1v) is 6.39. The van der Waals surface area contributed by atoms with Crippen LogP contribution in [0.15, 0.2) is 48.5 Å². The van der Waals surface area contributed by atoms with Crippen molar-refractivity contribution in [2.75, 3.05) is 12.3 Å². The fraction of sp³-hybridized carbons (Fsp3) is 0.250. The Labute approximate surface area is 113 Å². The molecule has 0 bridgehead atoms. The van der Waals surface area contributed by atoms with E-state index in [2.05, 4.69) is 0 Å². The van der Waals surface area contributed by atoms with Crippen molar-refractivity contribution in [3.05, 3.63) is 65.2 Å². The second kappa shape index (κ2) is 6.92. The minimum Gasteiger partial charge on any atom is -0.399 e. The van der Waals surface area contributed by atoms with Crippen molar-refractivity contribution in [3.8, 4) is 0 Å². The zero-order chi connectivity index (χ0) is 13.5. The van der Waals surface area contributed by atoms with Gasteiger partial charge < -0.3 is 15.6 Å². The lowest BCUT2D eigenvalue weighted by molar-refractivity contribution is 0.124. The van der Waals surface area contributed by atoms with E-state index >= 15 is 0 Å². The Morgan fingerprint density at radius 1 is 0.947 bits per heavy atom. The van der Waals surface area contributed by atoms with E-state index in [1.165, 1.54) is 0 Å². The molecule has 0 spiro atoms. The SMILES string of the molecule is Nc1ccccc1CCOCc1ccc(CO)cc1. The molecule has 0 heterocycles. The molecule has 2 aromatic rings. The van der Waals surface area contributed by atoms with Crippen molar-refractivity contribution in [2.24, 2.45) is 0 Å². The Bertz CT molecular complexity index is 508. The highest BCUT2D eigenvalue weighted by Crippen LogP contribution is 2.11. The van der Waals surface area contributed by atoms with Gasteiger partial charge in [-0.2, -0.15) is 0 Å². The number of aliphatic hydroxyl groups excluding tert-OH is 1. The van der Waals surface area contributed by atoms with E-state index in [1.807, 2.05) is 48.5 Å². The summed E-state index contributed by atoms with van der Waals surface area (Å²) in [6.07, 6.45) is 0.821. The maximum absolute atomic E-state index is 8.95. The van der Waals surface area contributed by atoms with Crippen LogP contribution >= 0.6 is 0 Å². The van der Waals surface area contributed by atoms with Crippen molar-refractivity contribution < 1.29 is 9.84 Å². The first-order chi connectivity index (χ1) is 9.29. The van der Waals surface area contributed by atoms with Crippen LogP contribution < -0.4 is 5.73 Å². The molecule has 100 valence electrons. The van der Waals surface area contributed by atoms with Gasteiger partial charge in [0.25, 0.3) is 0 Å². The molecule has 0 radical (unpaired) electrons. The molecular weight excluding hydrogens is 238 g/mol. The molecule has 0 aromatic heterocycles. The number of aliphatic hydroxyl groups is 1. The molecule has 0 saturated carbocycles. The Morgan fingerprint density at radius 2 is 1.63 bits per heavy atom. The Hall–Kier alpha value is -1.84. The summed E-state index contributed by atoms with van der Waals surface area (Å²) in [5.74, 6) is 0. The average molecular weight is 257 g/mol. The number of benzene rings is 2. The second-order valence-electron chi connectivity index (χ2n) is 4.48. The summed E-state index contributed by atoms with van der Waals surface area (Å²) in [6.45, 7) is 1.31. The number of rotatable bonds is 6. The van der Waals surface area contributed by atoms with Crippen molar-refractivity contribution in [2.45, 2.75) is 19.6 Å². The zero-order valence-electron chi connectivity index (χ0n) is 10.9.